The zero-order chi connectivity index (χ0) is 17.9. The number of aliphatic hydroxyl groups is 1. The molecule has 134 valence electrons. The fourth-order valence-corrected chi connectivity index (χ4v) is 3.45. The molecule has 0 bridgehead atoms. The van der Waals surface area contributed by atoms with Crippen molar-refractivity contribution in [1.82, 2.24) is 15.5 Å². The predicted molar refractivity (Wildman–Crippen MR) is 93.7 cm³/mol. The molecule has 2 aromatic rings. The van der Waals surface area contributed by atoms with Gasteiger partial charge in [-0.15, -0.1) is 0 Å². The number of benzene rings is 1. The Bertz CT molecular complexity index is 751. The smallest absolute Gasteiger partial charge is 0.269 e. The number of halogens is 1. The molecule has 1 amide bonds. The molecule has 0 aliphatic heterocycles. The number of hydrogen-bond acceptors (Lipinski definition) is 3. The molecule has 0 spiro atoms. The number of nitrogens with one attached hydrogen (secondary N) is 2. The topological polar surface area (TPSA) is 78.0 Å². The quantitative estimate of drug-likeness (QED) is 0.779. The average Bonchev–Trinajstić information content (AvgIpc) is 3.13. The van der Waals surface area contributed by atoms with Gasteiger partial charge >= 0.3 is 0 Å². The second-order valence-corrected chi connectivity index (χ2v) is 7.03. The molecule has 3 rings (SSSR count). The van der Waals surface area contributed by atoms with Crippen LogP contribution in [-0.2, 0) is 0 Å². The van der Waals surface area contributed by atoms with E-state index < -0.39 is 0 Å². The predicted octanol–water partition coefficient (Wildman–Crippen LogP) is 3.20. The van der Waals surface area contributed by atoms with Gasteiger partial charge in [-0.3, -0.25) is 9.89 Å². The van der Waals surface area contributed by atoms with Crippen LogP contribution in [0.5, 0.6) is 0 Å². The Balaban J connectivity index is 1.67. The fraction of sp³-hybridized carbons (Fsp3) is 0.474. The van der Waals surface area contributed by atoms with Crippen LogP contribution in [0.3, 0.4) is 0 Å². The van der Waals surface area contributed by atoms with Gasteiger partial charge in [0.15, 0.2) is 0 Å². The highest BCUT2D eigenvalue weighted by Gasteiger charge is 2.31. The number of hydrogen-bond donors (Lipinski definition) is 3. The van der Waals surface area contributed by atoms with E-state index in [1.165, 1.54) is 12.5 Å². The van der Waals surface area contributed by atoms with Gasteiger partial charge in [0, 0.05) is 17.5 Å². The molecule has 1 aliphatic carbocycles. The zero-order valence-corrected chi connectivity index (χ0v) is 14.4. The fourth-order valence-electron chi connectivity index (χ4n) is 3.45. The first-order valence-corrected chi connectivity index (χ1v) is 8.74. The molecule has 1 heterocycles. The lowest BCUT2D eigenvalue weighted by Crippen LogP contribution is -2.41. The summed E-state index contributed by atoms with van der Waals surface area (Å²) in [5.41, 5.74) is 2.05. The third kappa shape index (κ3) is 3.90. The van der Waals surface area contributed by atoms with Gasteiger partial charge in [0.1, 0.15) is 11.5 Å². The summed E-state index contributed by atoms with van der Waals surface area (Å²) < 4.78 is 13.4. The molecule has 1 saturated carbocycles. The summed E-state index contributed by atoms with van der Waals surface area (Å²) in [4.78, 5) is 12.4. The molecule has 0 unspecified atom stereocenters. The molecule has 1 aliphatic rings. The molecule has 1 aromatic carbocycles. The van der Waals surface area contributed by atoms with Crippen LogP contribution in [0.1, 0.15) is 48.2 Å². The van der Waals surface area contributed by atoms with E-state index in [1.807, 2.05) is 0 Å². The summed E-state index contributed by atoms with van der Waals surface area (Å²) in [5, 5.41) is 19.5. The summed E-state index contributed by atoms with van der Waals surface area (Å²) >= 11 is 0. The van der Waals surface area contributed by atoms with Crippen LogP contribution in [0.2, 0.25) is 0 Å². The first-order chi connectivity index (χ1) is 12.0. The second-order valence-electron chi connectivity index (χ2n) is 7.03. The molecule has 5 nitrogen and oxygen atoms in total. The third-order valence-electron chi connectivity index (χ3n) is 5.15. The standard InChI is InChI=1S/C19H24FN3O2/c1-13-9-14(5-6-15(13)20)16-10-17(23-22-16)18(25)21-11-19(12-24)7-3-2-4-8-19/h5-6,9-10,24H,2-4,7-8,11-12H2,1H3,(H,21,25)(H,22,23). The number of H-pyrrole nitrogens is 1. The Labute approximate surface area is 146 Å². The third-order valence-corrected chi connectivity index (χ3v) is 5.15. The number of aryl methyl sites for hydroxylation is 1. The summed E-state index contributed by atoms with van der Waals surface area (Å²) in [6.07, 6.45) is 5.25. The van der Waals surface area contributed by atoms with E-state index in [0.29, 0.717) is 23.5 Å². The van der Waals surface area contributed by atoms with Gasteiger partial charge in [-0.2, -0.15) is 5.10 Å². The molecule has 1 aromatic heterocycles. The van der Waals surface area contributed by atoms with Crippen molar-refractivity contribution in [2.24, 2.45) is 5.41 Å². The highest BCUT2D eigenvalue weighted by Crippen LogP contribution is 2.35. The van der Waals surface area contributed by atoms with Crippen molar-refractivity contribution in [2.45, 2.75) is 39.0 Å². The molecule has 1 fully saturated rings. The van der Waals surface area contributed by atoms with Crippen molar-refractivity contribution >= 4 is 5.91 Å². The maximum atomic E-state index is 13.4. The van der Waals surface area contributed by atoms with E-state index in [0.717, 1.165) is 31.2 Å². The van der Waals surface area contributed by atoms with Crippen LogP contribution in [-0.4, -0.2) is 34.4 Å². The van der Waals surface area contributed by atoms with Gasteiger partial charge in [-0.25, -0.2) is 4.39 Å². The van der Waals surface area contributed by atoms with Gasteiger partial charge in [0.25, 0.3) is 5.91 Å². The number of aromatic nitrogens is 2. The Morgan fingerprint density at radius 2 is 2.08 bits per heavy atom. The molecule has 25 heavy (non-hydrogen) atoms. The Morgan fingerprint density at radius 3 is 2.76 bits per heavy atom. The minimum Gasteiger partial charge on any atom is -0.396 e. The largest absolute Gasteiger partial charge is 0.396 e. The van der Waals surface area contributed by atoms with E-state index in [4.69, 9.17) is 0 Å². The minimum absolute atomic E-state index is 0.0936. The van der Waals surface area contributed by atoms with Crippen LogP contribution >= 0.6 is 0 Å². The normalized spacial score (nSPS) is 16.6. The Hall–Kier alpha value is -2.21. The van der Waals surface area contributed by atoms with E-state index in [9.17, 15) is 14.3 Å². The Morgan fingerprint density at radius 1 is 1.32 bits per heavy atom. The van der Waals surface area contributed by atoms with E-state index in [2.05, 4.69) is 15.5 Å². The van der Waals surface area contributed by atoms with Crippen molar-refractivity contribution < 1.29 is 14.3 Å². The van der Waals surface area contributed by atoms with Crippen LogP contribution in [0.15, 0.2) is 24.3 Å². The lowest BCUT2D eigenvalue weighted by atomic mass is 9.74. The highest BCUT2D eigenvalue weighted by atomic mass is 19.1. The van der Waals surface area contributed by atoms with Crippen LogP contribution in [0.25, 0.3) is 11.3 Å². The summed E-state index contributed by atoms with van der Waals surface area (Å²) in [6.45, 7) is 2.25. The number of carbonyl (C=O) groups excluding carboxylic acids is 1. The van der Waals surface area contributed by atoms with Crippen molar-refractivity contribution in [3.05, 3.63) is 41.3 Å². The number of rotatable bonds is 5. The van der Waals surface area contributed by atoms with Crippen LogP contribution < -0.4 is 5.32 Å². The minimum atomic E-state index is -0.265. The van der Waals surface area contributed by atoms with Crippen molar-refractivity contribution in [3.63, 3.8) is 0 Å². The summed E-state index contributed by atoms with van der Waals surface area (Å²) in [5.74, 6) is -0.505. The zero-order valence-electron chi connectivity index (χ0n) is 14.4. The molecule has 6 heteroatoms. The molecule has 0 saturated heterocycles. The van der Waals surface area contributed by atoms with E-state index in [-0.39, 0.29) is 23.7 Å². The molecule has 0 radical (unpaired) electrons. The lowest BCUT2D eigenvalue weighted by molar-refractivity contribution is 0.0715. The number of aromatic amines is 1. The first-order valence-electron chi connectivity index (χ1n) is 8.74. The van der Waals surface area contributed by atoms with Crippen LogP contribution in [0, 0.1) is 18.2 Å². The number of aliphatic hydroxyl groups excluding tert-OH is 1. The van der Waals surface area contributed by atoms with Crippen LogP contribution in [0.4, 0.5) is 4.39 Å². The van der Waals surface area contributed by atoms with Crippen molar-refractivity contribution in [2.75, 3.05) is 13.2 Å². The highest BCUT2D eigenvalue weighted by molar-refractivity contribution is 5.93. The average molecular weight is 345 g/mol. The molecular weight excluding hydrogens is 321 g/mol. The number of carbonyl (C=O) groups is 1. The lowest BCUT2D eigenvalue weighted by Gasteiger charge is -2.35. The van der Waals surface area contributed by atoms with E-state index >= 15 is 0 Å². The van der Waals surface area contributed by atoms with Gasteiger partial charge in [-0.1, -0.05) is 19.3 Å². The van der Waals surface area contributed by atoms with E-state index in [1.54, 1.807) is 25.1 Å². The molecule has 0 atom stereocenters. The summed E-state index contributed by atoms with van der Waals surface area (Å²) in [7, 11) is 0. The first kappa shape index (κ1) is 17.6. The van der Waals surface area contributed by atoms with Gasteiger partial charge < -0.3 is 10.4 Å². The summed E-state index contributed by atoms with van der Waals surface area (Å²) in [6, 6.07) is 6.40. The van der Waals surface area contributed by atoms with Crippen molar-refractivity contribution in [1.29, 1.82) is 0 Å². The van der Waals surface area contributed by atoms with Gasteiger partial charge in [0.05, 0.1) is 12.3 Å². The van der Waals surface area contributed by atoms with Gasteiger partial charge in [0.2, 0.25) is 0 Å². The van der Waals surface area contributed by atoms with Crippen molar-refractivity contribution in [3.8, 4) is 11.3 Å². The SMILES string of the molecule is Cc1cc(-c2cc(C(=O)NCC3(CO)CCCCC3)[nH]n2)ccc1F. The number of nitrogens with zero attached hydrogens (tertiary/aromatic N) is 1. The maximum Gasteiger partial charge on any atom is 0.269 e. The maximum absolute atomic E-state index is 13.4. The molecular formula is C19H24FN3O2. The molecule has 3 N–H and O–H groups in total. The monoisotopic (exact) mass is 345 g/mol. The second kappa shape index (κ2) is 7.35. The number of amides is 1. The Kier molecular flexibility index (Phi) is 5.18. The van der Waals surface area contributed by atoms with Gasteiger partial charge in [-0.05, 0) is 49.6 Å².